The maximum absolute atomic E-state index is 14.1. The summed E-state index contributed by atoms with van der Waals surface area (Å²) >= 11 is 0. The summed E-state index contributed by atoms with van der Waals surface area (Å²) in [6.07, 6.45) is 12.3. The number of methoxy groups -OCH3 is 1. The zero-order chi connectivity index (χ0) is 28.8. The number of hydrogen-bond donors (Lipinski definition) is 0. The molecular formula is C31H52N2O6Si. The monoisotopic (exact) mass is 576 g/mol. The molecule has 9 heteroatoms. The molecule has 0 aromatic carbocycles. The van der Waals surface area contributed by atoms with Crippen LogP contribution in [-0.2, 0) is 23.4 Å². The third-order valence-electron chi connectivity index (χ3n) is 11.2. The van der Waals surface area contributed by atoms with Crippen LogP contribution in [-0.4, -0.2) is 88.0 Å². The van der Waals surface area contributed by atoms with Gasteiger partial charge in [0.25, 0.3) is 0 Å². The summed E-state index contributed by atoms with van der Waals surface area (Å²) in [5, 5.41) is 0.0488. The maximum atomic E-state index is 14.1. The van der Waals surface area contributed by atoms with Gasteiger partial charge in [-0.25, -0.2) is 4.79 Å². The van der Waals surface area contributed by atoms with Gasteiger partial charge in [-0.1, -0.05) is 32.9 Å². The molecule has 0 aromatic rings. The van der Waals surface area contributed by atoms with Crippen LogP contribution < -0.4 is 0 Å². The minimum Gasteiger partial charge on any atom is -0.441 e. The maximum Gasteiger partial charge on any atom is 0.410 e. The van der Waals surface area contributed by atoms with Crippen molar-refractivity contribution in [2.75, 3.05) is 40.2 Å². The fourth-order valence-electron chi connectivity index (χ4n) is 8.54. The highest BCUT2D eigenvalue weighted by atomic mass is 28.4. The lowest BCUT2D eigenvalue weighted by Gasteiger charge is -2.63. The molecule has 1 saturated carbocycles. The van der Waals surface area contributed by atoms with Gasteiger partial charge < -0.3 is 23.5 Å². The Hall–Kier alpha value is -1.42. The van der Waals surface area contributed by atoms with E-state index in [1.54, 1.807) is 7.11 Å². The zero-order valence-corrected chi connectivity index (χ0v) is 26.7. The lowest BCUT2D eigenvalue weighted by molar-refractivity contribution is -0.185. The first-order valence-corrected chi connectivity index (χ1v) is 18.5. The highest BCUT2D eigenvalue weighted by Crippen LogP contribution is 2.65. The molecule has 4 bridgehead atoms. The van der Waals surface area contributed by atoms with Gasteiger partial charge in [-0.2, -0.15) is 0 Å². The first kappa shape index (κ1) is 30.0. The molecule has 2 amide bonds. The van der Waals surface area contributed by atoms with Crippen LogP contribution in [0.4, 0.5) is 4.79 Å². The van der Waals surface area contributed by atoms with Crippen molar-refractivity contribution in [2.24, 2.45) is 17.3 Å². The van der Waals surface area contributed by atoms with Gasteiger partial charge in [0.2, 0.25) is 5.91 Å². The molecule has 4 aliphatic heterocycles. The molecule has 4 heterocycles. The SMILES string of the molecule is COCOC[C@]12CCC/C=C/CCCCC(=O)N3CC[C@@H]4[C@H](CN5C(=O)O[C@H](CO[Si](C)(C)C(C)(C)C)[C@@]45[C@@H]31)C2. The minimum atomic E-state index is -2.10. The topological polar surface area (TPSA) is 77.5 Å². The Balaban J connectivity index is 1.60. The van der Waals surface area contributed by atoms with Gasteiger partial charge in [0.1, 0.15) is 12.3 Å². The number of amides is 2. The molecule has 226 valence electrons. The number of nitrogens with zero attached hydrogens (tertiary/aromatic N) is 2. The molecule has 6 atom stereocenters. The first-order chi connectivity index (χ1) is 19.0. The van der Waals surface area contributed by atoms with Crippen molar-refractivity contribution >= 4 is 20.3 Å². The van der Waals surface area contributed by atoms with E-state index in [4.69, 9.17) is 18.6 Å². The van der Waals surface area contributed by atoms with Gasteiger partial charge in [-0.3, -0.25) is 9.69 Å². The molecule has 4 fully saturated rings. The molecule has 8 nitrogen and oxygen atoms in total. The van der Waals surface area contributed by atoms with Crippen molar-refractivity contribution in [3.8, 4) is 0 Å². The molecule has 3 saturated heterocycles. The quantitative estimate of drug-likeness (QED) is 0.167. The largest absolute Gasteiger partial charge is 0.441 e. The molecule has 1 spiro atoms. The predicted octanol–water partition coefficient (Wildman–Crippen LogP) is 5.73. The molecule has 0 N–H and O–H groups in total. The Labute approximate surface area is 242 Å². The highest BCUT2D eigenvalue weighted by molar-refractivity contribution is 6.74. The smallest absolute Gasteiger partial charge is 0.410 e. The van der Waals surface area contributed by atoms with Gasteiger partial charge in [0.15, 0.2) is 14.4 Å². The number of allylic oxidation sites excluding steroid dienone is 2. The van der Waals surface area contributed by atoms with Crippen LogP contribution in [0.3, 0.4) is 0 Å². The zero-order valence-electron chi connectivity index (χ0n) is 25.7. The average molecular weight is 577 g/mol. The number of hydrogen-bond acceptors (Lipinski definition) is 6. The van der Waals surface area contributed by atoms with Crippen LogP contribution >= 0.6 is 0 Å². The average Bonchev–Trinajstić information content (AvgIpc) is 3.29. The molecule has 1 aliphatic carbocycles. The van der Waals surface area contributed by atoms with Gasteiger partial charge >= 0.3 is 6.09 Å². The summed E-state index contributed by atoms with van der Waals surface area (Å²) in [5.74, 6) is 0.882. The summed E-state index contributed by atoms with van der Waals surface area (Å²) in [6, 6.07) is -0.161. The fraction of sp³-hybridized carbons (Fsp3) is 0.871. The number of piperidine rings is 1. The van der Waals surface area contributed by atoms with Gasteiger partial charge in [-0.05, 0) is 81.3 Å². The minimum absolute atomic E-state index is 0.0488. The summed E-state index contributed by atoms with van der Waals surface area (Å²) in [5.41, 5.74) is -0.863. The first-order valence-electron chi connectivity index (χ1n) is 15.6. The van der Waals surface area contributed by atoms with Crippen LogP contribution in [0.5, 0.6) is 0 Å². The van der Waals surface area contributed by atoms with E-state index in [-0.39, 0.29) is 35.3 Å². The Kier molecular flexibility index (Phi) is 8.52. The lowest BCUT2D eigenvalue weighted by atomic mass is 9.51. The van der Waals surface area contributed by atoms with E-state index in [1.165, 1.54) is 0 Å². The molecule has 40 heavy (non-hydrogen) atoms. The molecule has 0 radical (unpaired) electrons. The fourth-order valence-corrected chi connectivity index (χ4v) is 9.54. The van der Waals surface area contributed by atoms with Crippen LogP contribution in [0, 0.1) is 17.3 Å². The van der Waals surface area contributed by atoms with Crippen molar-refractivity contribution in [3.63, 3.8) is 0 Å². The number of rotatable bonds is 7. The van der Waals surface area contributed by atoms with Gasteiger partial charge in [0.05, 0.1) is 19.3 Å². The Morgan fingerprint density at radius 1 is 1.12 bits per heavy atom. The number of carbonyl (C=O) groups excluding carboxylic acids is 2. The van der Waals surface area contributed by atoms with Crippen molar-refractivity contribution < 1.29 is 28.2 Å². The van der Waals surface area contributed by atoms with Crippen molar-refractivity contribution in [1.82, 2.24) is 9.80 Å². The van der Waals surface area contributed by atoms with Gasteiger partial charge in [-0.15, -0.1) is 0 Å². The van der Waals surface area contributed by atoms with Crippen molar-refractivity contribution in [3.05, 3.63) is 12.2 Å². The Bertz CT molecular complexity index is 981. The van der Waals surface area contributed by atoms with Crippen LogP contribution in [0.15, 0.2) is 12.2 Å². The number of carbonyl (C=O) groups is 2. The molecule has 0 aromatic heterocycles. The number of cyclic esters (lactones) is 1. The van der Waals surface area contributed by atoms with Gasteiger partial charge in [0, 0.05) is 32.0 Å². The Morgan fingerprint density at radius 2 is 1.88 bits per heavy atom. The van der Waals surface area contributed by atoms with Crippen LogP contribution in [0.1, 0.15) is 78.6 Å². The van der Waals surface area contributed by atoms with E-state index in [9.17, 15) is 9.59 Å². The van der Waals surface area contributed by atoms with E-state index < -0.39 is 20.0 Å². The van der Waals surface area contributed by atoms with E-state index in [0.717, 1.165) is 57.9 Å². The van der Waals surface area contributed by atoms with Crippen molar-refractivity contribution in [2.45, 2.75) is 114 Å². The van der Waals surface area contributed by atoms with E-state index >= 15 is 0 Å². The summed E-state index contributed by atoms with van der Waals surface area (Å²) in [4.78, 5) is 31.9. The third-order valence-corrected chi connectivity index (χ3v) is 15.7. The highest BCUT2D eigenvalue weighted by Gasteiger charge is 2.77. The summed E-state index contributed by atoms with van der Waals surface area (Å²) < 4.78 is 24.6. The normalized spacial score (nSPS) is 37.4. The van der Waals surface area contributed by atoms with Crippen LogP contribution in [0.25, 0.3) is 0 Å². The Morgan fingerprint density at radius 3 is 2.60 bits per heavy atom. The molecule has 5 aliphatic rings. The third kappa shape index (κ3) is 4.96. The second kappa shape index (κ2) is 11.3. The summed E-state index contributed by atoms with van der Waals surface area (Å²) in [6.45, 7) is 13.8. The van der Waals surface area contributed by atoms with Crippen LogP contribution in [0.2, 0.25) is 18.1 Å². The molecular weight excluding hydrogens is 524 g/mol. The van der Waals surface area contributed by atoms with E-state index in [2.05, 4.69) is 50.9 Å². The molecule has 5 rings (SSSR count). The summed E-state index contributed by atoms with van der Waals surface area (Å²) in [7, 11) is -0.441. The lowest BCUT2D eigenvalue weighted by Crippen LogP contribution is -2.77. The predicted molar refractivity (Wildman–Crippen MR) is 156 cm³/mol. The molecule has 0 unspecified atom stereocenters. The van der Waals surface area contributed by atoms with E-state index in [1.807, 2.05) is 4.90 Å². The second-order valence-electron chi connectivity index (χ2n) is 14.5. The standard InChI is InChI=1S/C31H52N2O6Si/c1-29(2,3)40(5,6)38-20-25-31-24-15-17-32-26(34)14-12-10-8-7-9-11-13-16-30(27(31)32,21-37-22-36-4)18-23(24)19-33(31)28(35)39-25/h7,9,23-25,27H,8,10-22H2,1-6H3/b9-7+/t23-,24+,25+,27-,30+,31+/m0/s1. The number of ether oxygens (including phenoxy) is 3. The van der Waals surface area contributed by atoms with Crippen molar-refractivity contribution in [1.29, 1.82) is 0 Å². The van der Waals surface area contributed by atoms with E-state index in [0.29, 0.717) is 38.0 Å². The second-order valence-corrected chi connectivity index (χ2v) is 19.3.